The Bertz CT molecular complexity index is 1160. The molecule has 0 amide bonds. The van der Waals surface area contributed by atoms with Crippen molar-refractivity contribution in [3.8, 4) is 5.69 Å². The topological polar surface area (TPSA) is 40.1 Å². The molecule has 1 N–H and O–H groups in total. The number of rotatable bonds is 5. The molecule has 2 fully saturated rings. The van der Waals surface area contributed by atoms with E-state index in [1.54, 1.807) is 0 Å². The predicted molar refractivity (Wildman–Crippen MR) is 124 cm³/mol. The van der Waals surface area contributed by atoms with Crippen molar-refractivity contribution in [1.82, 2.24) is 24.3 Å². The number of hydrogen-bond acceptors (Lipinski definition) is 3. The average Bonchev–Trinajstić information content (AvgIpc) is 3.57. The molecule has 6 rings (SSSR count). The van der Waals surface area contributed by atoms with Gasteiger partial charge in [-0.3, -0.25) is 9.80 Å². The van der Waals surface area contributed by atoms with Gasteiger partial charge >= 0.3 is 0 Å². The fourth-order valence-corrected chi connectivity index (χ4v) is 5.78. The van der Waals surface area contributed by atoms with Gasteiger partial charge in [0.2, 0.25) is 0 Å². The predicted octanol–water partition coefficient (Wildman–Crippen LogP) is 4.10. The summed E-state index contributed by atoms with van der Waals surface area (Å²) in [5.41, 5.74) is 5.23. The third kappa shape index (κ3) is 3.48. The monoisotopic (exact) mass is 411 g/mol. The van der Waals surface area contributed by atoms with E-state index in [1.165, 1.54) is 47.2 Å². The van der Waals surface area contributed by atoms with Crippen molar-refractivity contribution in [2.75, 3.05) is 20.1 Å². The molecule has 0 bridgehead atoms. The number of H-pyrrole nitrogens is 1. The average molecular weight is 412 g/mol. The molecule has 158 valence electrons. The summed E-state index contributed by atoms with van der Waals surface area (Å²) >= 11 is 0. The fraction of sp³-hybridized carbons (Fsp3) is 0.346. The van der Waals surface area contributed by atoms with E-state index in [2.05, 4.69) is 86.1 Å². The highest BCUT2D eigenvalue weighted by Gasteiger charge is 2.44. The molecular formula is C26H29N5. The molecular weight excluding hydrogens is 382 g/mol. The molecule has 0 aliphatic carbocycles. The molecule has 2 aliphatic rings. The van der Waals surface area contributed by atoms with Crippen molar-refractivity contribution in [2.45, 2.75) is 31.5 Å². The van der Waals surface area contributed by atoms with E-state index in [-0.39, 0.29) is 0 Å². The minimum atomic E-state index is 0.616. The normalized spacial score (nSPS) is 24.2. The highest BCUT2D eigenvalue weighted by Crippen LogP contribution is 2.37. The van der Waals surface area contributed by atoms with Crippen LogP contribution in [0.4, 0.5) is 0 Å². The lowest BCUT2D eigenvalue weighted by atomic mass is 9.98. The first kappa shape index (κ1) is 18.8. The Hall–Kier alpha value is -2.89. The van der Waals surface area contributed by atoms with Crippen LogP contribution in [0.2, 0.25) is 0 Å². The van der Waals surface area contributed by atoms with Gasteiger partial charge in [-0.15, -0.1) is 0 Å². The molecule has 2 aliphatic heterocycles. The number of aromatic nitrogens is 3. The van der Waals surface area contributed by atoms with E-state index in [9.17, 15) is 0 Å². The molecule has 5 nitrogen and oxygen atoms in total. The number of imidazole rings is 1. The van der Waals surface area contributed by atoms with Crippen molar-refractivity contribution in [2.24, 2.45) is 5.92 Å². The van der Waals surface area contributed by atoms with Crippen LogP contribution < -0.4 is 0 Å². The van der Waals surface area contributed by atoms with E-state index in [1.807, 2.05) is 18.7 Å². The van der Waals surface area contributed by atoms with Crippen molar-refractivity contribution in [1.29, 1.82) is 0 Å². The molecule has 4 heterocycles. The van der Waals surface area contributed by atoms with Gasteiger partial charge in [0, 0.05) is 66.9 Å². The summed E-state index contributed by atoms with van der Waals surface area (Å²) in [6.07, 6.45) is 10.3. The van der Waals surface area contributed by atoms with Crippen LogP contribution in [-0.2, 0) is 13.0 Å². The third-order valence-corrected chi connectivity index (χ3v) is 7.41. The second-order valence-electron chi connectivity index (χ2n) is 9.28. The zero-order chi connectivity index (χ0) is 20.8. The lowest BCUT2D eigenvalue weighted by molar-refractivity contribution is 0.208. The smallest absolute Gasteiger partial charge is 0.0991 e. The molecule has 5 heteroatoms. The summed E-state index contributed by atoms with van der Waals surface area (Å²) in [7, 11) is 2.34. The lowest BCUT2D eigenvalue weighted by Crippen LogP contribution is -2.37. The summed E-state index contributed by atoms with van der Waals surface area (Å²) in [5, 5.41) is 1.34. The molecule has 3 atom stereocenters. The molecule has 2 aromatic heterocycles. The van der Waals surface area contributed by atoms with Crippen LogP contribution in [0.5, 0.6) is 0 Å². The molecule has 2 aromatic carbocycles. The molecule has 4 aromatic rings. The Morgan fingerprint density at radius 2 is 2.00 bits per heavy atom. The maximum absolute atomic E-state index is 4.19. The van der Waals surface area contributed by atoms with Gasteiger partial charge in [0.1, 0.15) is 0 Å². The Morgan fingerprint density at radius 3 is 2.81 bits per heavy atom. The van der Waals surface area contributed by atoms with Gasteiger partial charge < -0.3 is 9.55 Å². The summed E-state index contributed by atoms with van der Waals surface area (Å²) in [6, 6.07) is 18.8. The molecule has 3 unspecified atom stereocenters. The summed E-state index contributed by atoms with van der Waals surface area (Å²) in [4.78, 5) is 13.0. The van der Waals surface area contributed by atoms with E-state index in [0.29, 0.717) is 12.1 Å². The maximum atomic E-state index is 4.19. The van der Waals surface area contributed by atoms with Crippen molar-refractivity contribution in [3.63, 3.8) is 0 Å². The largest absolute Gasteiger partial charge is 0.361 e. The maximum Gasteiger partial charge on any atom is 0.0991 e. The highest BCUT2D eigenvalue weighted by molar-refractivity contribution is 5.85. The third-order valence-electron chi connectivity index (χ3n) is 7.41. The van der Waals surface area contributed by atoms with Crippen LogP contribution in [0, 0.1) is 5.92 Å². The van der Waals surface area contributed by atoms with Crippen molar-refractivity contribution < 1.29 is 0 Å². The zero-order valence-electron chi connectivity index (χ0n) is 18.0. The summed E-state index contributed by atoms with van der Waals surface area (Å²) in [6.45, 7) is 3.48. The second kappa shape index (κ2) is 7.66. The van der Waals surface area contributed by atoms with Crippen LogP contribution in [-0.4, -0.2) is 56.6 Å². The number of hydrogen-bond donors (Lipinski definition) is 1. The molecule has 0 spiro atoms. The lowest BCUT2D eigenvalue weighted by Gasteiger charge is -2.27. The second-order valence-corrected chi connectivity index (χ2v) is 9.28. The first-order chi connectivity index (χ1) is 15.2. The van der Waals surface area contributed by atoms with Gasteiger partial charge in [0.05, 0.1) is 6.33 Å². The van der Waals surface area contributed by atoms with Gasteiger partial charge in [-0.05, 0) is 55.1 Å². The number of likely N-dealkylation sites (tertiary alicyclic amines) is 2. The van der Waals surface area contributed by atoms with E-state index < -0.39 is 0 Å². The molecule has 0 radical (unpaired) electrons. The standard InChI is InChI=1S/C26H29N5/c1-29-23(12-21-16-30(17-26(21)29)15-19-5-3-2-4-6-19)11-20-14-28-25-8-7-22(13-24(20)25)31-10-9-27-18-31/h2-10,13-14,18,21,23,26,28H,11-12,15-17H2,1H3. The van der Waals surface area contributed by atoms with Crippen LogP contribution in [0.3, 0.4) is 0 Å². The first-order valence-electron chi connectivity index (χ1n) is 11.3. The quantitative estimate of drug-likeness (QED) is 0.537. The van der Waals surface area contributed by atoms with Crippen LogP contribution >= 0.6 is 0 Å². The van der Waals surface area contributed by atoms with Crippen molar-refractivity contribution >= 4 is 10.9 Å². The number of aromatic amines is 1. The van der Waals surface area contributed by atoms with Crippen LogP contribution in [0.15, 0.2) is 73.4 Å². The van der Waals surface area contributed by atoms with Gasteiger partial charge in [0.15, 0.2) is 0 Å². The highest BCUT2D eigenvalue weighted by atomic mass is 15.3. The number of nitrogens with one attached hydrogen (secondary N) is 1. The minimum absolute atomic E-state index is 0.616. The molecule has 2 saturated heterocycles. The number of nitrogens with zero attached hydrogens (tertiary/aromatic N) is 4. The van der Waals surface area contributed by atoms with E-state index in [0.717, 1.165) is 18.9 Å². The van der Waals surface area contributed by atoms with E-state index in [4.69, 9.17) is 0 Å². The zero-order valence-corrected chi connectivity index (χ0v) is 18.0. The fourth-order valence-electron chi connectivity index (χ4n) is 5.78. The van der Waals surface area contributed by atoms with E-state index >= 15 is 0 Å². The Labute approximate surface area is 183 Å². The van der Waals surface area contributed by atoms with Crippen molar-refractivity contribution in [3.05, 3.63) is 84.6 Å². The SMILES string of the molecule is CN1C(Cc2c[nH]c3ccc(-n4ccnc4)cc23)CC2CN(Cc3ccccc3)CC21. The summed E-state index contributed by atoms with van der Waals surface area (Å²) in [5.74, 6) is 0.783. The van der Waals surface area contributed by atoms with Crippen LogP contribution in [0.1, 0.15) is 17.5 Å². The Morgan fingerprint density at radius 1 is 1.10 bits per heavy atom. The van der Waals surface area contributed by atoms with Gasteiger partial charge in [-0.25, -0.2) is 4.98 Å². The van der Waals surface area contributed by atoms with Gasteiger partial charge in [-0.2, -0.15) is 0 Å². The van der Waals surface area contributed by atoms with Crippen LogP contribution in [0.25, 0.3) is 16.6 Å². The van der Waals surface area contributed by atoms with Gasteiger partial charge in [0.25, 0.3) is 0 Å². The first-order valence-corrected chi connectivity index (χ1v) is 11.3. The molecule has 31 heavy (non-hydrogen) atoms. The number of benzene rings is 2. The number of fused-ring (bicyclic) bond motifs is 2. The Balaban J connectivity index is 1.16. The summed E-state index contributed by atoms with van der Waals surface area (Å²) < 4.78 is 2.07. The Kier molecular flexibility index (Phi) is 4.66. The van der Waals surface area contributed by atoms with Gasteiger partial charge in [-0.1, -0.05) is 30.3 Å². The minimum Gasteiger partial charge on any atom is -0.361 e. The number of likely N-dealkylation sites (N-methyl/N-ethyl adjacent to an activating group) is 1. The molecule has 0 saturated carbocycles.